The molecular weight excluding hydrogens is 330 g/mol. The van der Waals surface area contributed by atoms with Crippen molar-refractivity contribution < 1.29 is 13.2 Å². The van der Waals surface area contributed by atoms with Gasteiger partial charge in [-0.05, 0) is 12.1 Å². The van der Waals surface area contributed by atoms with Crippen LogP contribution < -0.4 is 11.5 Å². The summed E-state index contributed by atoms with van der Waals surface area (Å²) in [6, 6.07) is 2.48. The topological polar surface area (TPSA) is 133 Å². The molecule has 0 atom stereocenters. The smallest absolute Gasteiger partial charge is 0.281 e. The molecule has 116 valence electrons. The molecule has 8 nitrogen and oxygen atoms in total. The highest BCUT2D eigenvalue weighted by atomic mass is 35.5. The number of benzene rings is 1. The summed E-state index contributed by atoms with van der Waals surface area (Å²) < 4.78 is 25.4. The number of rotatable bonds is 3. The molecule has 1 aromatic carbocycles. The second-order valence-corrected chi connectivity index (χ2v) is 6.78. The van der Waals surface area contributed by atoms with Crippen molar-refractivity contribution in [2.45, 2.75) is 4.90 Å². The monoisotopic (exact) mass is 341 g/mol. The van der Waals surface area contributed by atoms with Crippen molar-refractivity contribution in [3.63, 3.8) is 0 Å². The molecule has 1 heterocycles. The van der Waals surface area contributed by atoms with Crippen molar-refractivity contribution in [1.82, 2.24) is 9.55 Å². The zero-order chi connectivity index (χ0) is 16.5. The van der Waals surface area contributed by atoms with Gasteiger partial charge in [0.2, 0.25) is 0 Å². The summed E-state index contributed by atoms with van der Waals surface area (Å²) in [4.78, 5) is 19.0. The molecule has 0 unspecified atom stereocenters. The average Bonchev–Trinajstić information content (AvgIpc) is 2.89. The number of amides is 1. The fourth-order valence-corrected chi connectivity index (χ4v) is 2.90. The lowest BCUT2D eigenvalue weighted by Gasteiger charge is -2.11. The van der Waals surface area contributed by atoms with Gasteiger partial charge in [0.05, 0.1) is 27.5 Å². The van der Waals surface area contributed by atoms with E-state index in [9.17, 15) is 13.2 Å². The van der Waals surface area contributed by atoms with Gasteiger partial charge in [0.15, 0.2) is 15.8 Å². The molecule has 2 rings (SSSR count). The standard InChI is InChI=1S/C12H12ClN5O3S/c1-22(20,21)10-4-7(11(19)17-12(14)15)8(13)5-9(10)18-3-2-16-6-18/h2-6H,1H3,(H4,14,15,17,19). The molecule has 0 aliphatic carbocycles. The molecule has 4 N–H and O–H groups in total. The molecule has 0 aliphatic rings. The molecule has 1 amide bonds. The van der Waals surface area contributed by atoms with Gasteiger partial charge in [-0.2, -0.15) is 4.99 Å². The van der Waals surface area contributed by atoms with Crippen LogP contribution in [0.25, 0.3) is 5.69 Å². The summed E-state index contributed by atoms with van der Waals surface area (Å²) >= 11 is 6.05. The van der Waals surface area contributed by atoms with Crippen LogP contribution in [0.4, 0.5) is 0 Å². The molecule has 10 heteroatoms. The summed E-state index contributed by atoms with van der Waals surface area (Å²) in [5, 5.41) is 0.0195. The van der Waals surface area contributed by atoms with Crippen molar-refractivity contribution in [2.75, 3.05) is 6.26 Å². The Balaban J connectivity index is 2.73. The number of carbonyl (C=O) groups excluding carboxylic acids is 1. The van der Waals surface area contributed by atoms with E-state index >= 15 is 0 Å². The lowest BCUT2D eigenvalue weighted by molar-refractivity contribution is 0.100. The van der Waals surface area contributed by atoms with Crippen LogP contribution in [0, 0.1) is 0 Å². The lowest BCUT2D eigenvalue weighted by Crippen LogP contribution is -2.24. The van der Waals surface area contributed by atoms with Gasteiger partial charge in [0, 0.05) is 18.6 Å². The van der Waals surface area contributed by atoms with Gasteiger partial charge in [0.1, 0.15) is 0 Å². The van der Waals surface area contributed by atoms with Crippen molar-refractivity contribution >= 4 is 33.3 Å². The first-order valence-corrected chi connectivity index (χ1v) is 8.13. The van der Waals surface area contributed by atoms with Gasteiger partial charge in [0.25, 0.3) is 5.91 Å². The predicted molar refractivity (Wildman–Crippen MR) is 81.8 cm³/mol. The Labute approximate surface area is 131 Å². The molecule has 0 saturated carbocycles. The van der Waals surface area contributed by atoms with Crippen LogP contribution in [-0.2, 0) is 9.84 Å². The fourth-order valence-electron chi connectivity index (χ4n) is 1.78. The van der Waals surface area contributed by atoms with Crippen molar-refractivity contribution in [1.29, 1.82) is 0 Å². The number of nitrogens with zero attached hydrogens (tertiary/aromatic N) is 3. The van der Waals surface area contributed by atoms with Crippen LogP contribution in [0.1, 0.15) is 10.4 Å². The van der Waals surface area contributed by atoms with Crippen LogP contribution in [0.15, 0.2) is 40.7 Å². The van der Waals surface area contributed by atoms with E-state index < -0.39 is 21.7 Å². The zero-order valence-corrected chi connectivity index (χ0v) is 13.0. The number of carbonyl (C=O) groups is 1. The number of halogens is 1. The Morgan fingerprint density at radius 3 is 2.55 bits per heavy atom. The van der Waals surface area contributed by atoms with Crippen LogP contribution >= 0.6 is 11.6 Å². The zero-order valence-electron chi connectivity index (χ0n) is 11.4. The molecule has 22 heavy (non-hydrogen) atoms. The summed E-state index contributed by atoms with van der Waals surface area (Å²) in [5.41, 5.74) is 10.4. The number of aromatic nitrogens is 2. The van der Waals surface area contributed by atoms with Crippen molar-refractivity contribution in [3.8, 4) is 5.69 Å². The molecule has 0 aliphatic heterocycles. The molecular formula is C12H12ClN5O3S. The quantitative estimate of drug-likeness (QED) is 0.611. The fraction of sp³-hybridized carbons (Fsp3) is 0.0833. The van der Waals surface area contributed by atoms with E-state index in [0.29, 0.717) is 0 Å². The molecule has 0 saturated heterocycles. The maximum Gasteiger partial charge on any atom is 0.281 e. The maximum atomic E-state index is 12.0. The summed E-state index contributed by atoms with van der Waals surface area (Å²) in [7, 11) is -3.63. The van der Waals surface area contributed by atoms with E-state index in [-0.39, 0.29) is 21.2 Å². The number of hydrogen-bond donors (Lipinski definition) is 2. The minimum atomic E-state index is -3.63. The van der Waals surface area contributed by atoms with Crippen LogP contribution in [0.2, 0.25) is 5.02 Å². The molecule has 1 aromatic heterocycles. The van der Waals surface area contributed by atoms with Gasteiger partial charge >= 0.3 is 0 Å². The first kappa shape index (κ1) is 16.0. The van der Waals surface area contributed by atoms with Gasteiger partial charge in [-0.25, -0.2) is 13.4 Å². The molecule has 2 aromatic rings. The van der Waals surface area contributed by atoms with E-state index in [1.165, 1.54) is 23.2 Å². The largest absolute Gasteiger partial charge is 0.370 e. The van der Waals surface area contributed by atoms with E-state index in [2.05, 4.69) is 9.98 Å². The Morgan fingerprint density at radius 1 is 1.36 bits per heavy atom. The first-order chi connectivity index (χ1) is 10.2. The highest BCUT2D eigenvalue weighted by Crippen LogP contribution is 2.28. The van der Waals surface area contributed by atoms with E-state index in [0.717, 1.165) is 12.3 Å². The third kappa shape index (κ3) is 3.26. The van der Waals surface area contributed by atoms with Crippen molar-refractivity contribution in [2.24, 2.45) is 16.5 Å². The number of sulfone groups is 1. The van der Waals surface area contributed by atoms with Crippen LogP contribution in [0.3, 0.4) is 0 Å². The van der Waals surface area contributed by atoms with E-state index in [1.54, 1.807) is 6.20 Å². The number of nitrogens with two attached hydrogens (primary N) is 2. The van der Waals surface area contributed by atoms with Crippen LogP contribution in [0.5, 0.6) is 0 Å². The minimum Gasteiger partial charge on any atom is -0.370 e. The Morgan fingerprint density at radius 2 is 2.05 bits per heavy atom. The summed E-state index contributed by atoms with van der Waals surface area (Å²) in [6.45, 7) is 0. The molecule has 0 radical (unpaired) electrons. The third-order valence-electron chi connectivity index (χ3n) is 2.69. The van der Waals surface area contributed by atoms with Crippen LogP contribution in [-0.4, -0.2) is 36.1 Å². The highest BCUT2D eigenvalue weighted by molar-refractivity contribution is 7.90. The van der Waals surface area contributed by atoms with Gasteiger partial charge in [-0.3, -0.25) is 4.79 Å². The molecule has 0 spiro atoms. The van der Waals surface area contributed by atoms with E-state index in [1.807, 2.05) is 0 Å². The molecule has 0 fully saturated rings. The van der Waals surface area contributed by atoms with Crippen molar-refractivity contribution in [3.05, 3.63) is 41.4 Å². The maximum absolute atomic E-state index is 12.0. The summed E-state index contributed by atoms with van der Waals surface area (Å²) in [5.74, 6) is -1.27. The normalized spacial score (nSPS) is 11.2. The third-order valence-corrected chi connectivity index (χ3v) is 4.13. The number of hydrogen-bond acceptors (Lipinski definition) is 4. The Bertz CT molecular complexity index is 855. The van der Waals surface area contributed by atoms with Gasteiger partial charge in [-0.15, -0.1) is 0 Å². The summed E-state index contributed by atoms with van der Waals surface area (Å²) in [6.07, 6.45) is 5.47. The lowest BCUT2D eigenvalue weighted by atomic mass is 10.2. The van der Waals surface area contributed by atoms with Gasteiger partial charge < -0.3 is 16.0 Å². The minimum absolute atomic E-state index is 0.0195. The number of imidazole rings is 1. The van der Waals surface area contributed by atoms with E-state index in [4.69, 9.17) is 23.1 Å². The van der Waals surface area contributed by atoms with Gasteiger partial charge in [-0.1, -0.05) is 11.6 Å². The second kappa shape index (κ2) is 5.78. The SMILES string of the molecule is CS(=O)(=O)c1cc(C(=O)N=C(N)N)c(Cl)cc1-n1ccnc1. The predicted octanol–water partition coefficient (Wildman–Crippen LogP) is 0.343. The highest BCUT2D eigenvalue weighted by Gasteiger charge is 2.21. The Hall–Kier alpha value is -2.39. The molecule has 0 bridgehead atoms. The number of aliphatic imine (C=N–C) groups is 1. The number of guanidine groups is 1. The first-order valence-electron chi connectivity index (χ1n) is 5.86. The average molecular weight is 342 g/mol. The second-order valence-electron chi connectivity index (χ2n) is 4.38. The Kier molecular flexibility index (Phi) is 4.20.